The lowest BCUT2D eigenvalue weighted by atomic mass is 10.1. The van der Waals surface area contributed by atoms with Gasteiger partial charge in [0.25, 0.3) is 0 Å². The Morgan fingerprint density at radius 2 is 1.67 bits per heavy atom. The van der Waals surface area contributed by atoms with Crippen LogP contribution >= 0.6 is 34.5 Å². The standard InChI is InChI=1S/C22H16Cl2N2O2S2/c23-19-8-5-17(13-20(19)24)16-3-6-18(7-4-16)30(27,28)26-14-15-9-10-25-21(12-15)22-2-1-11-29-22/h1-13,26H,14H2. The summed E-state index contributed by atoms with van der Waals surface area (Å²) in [6, 6.07) is 19.6. The van der Waals surface area contributed by atoms with E-state index in [1.165, 1.54) is 0 Å². The Hall–Kier alpha value is -2.22. The van der Waals surface area contributed by atoms with Gasteiger partial charge in [-0.15, -0.1) is 11.3 Å². The lowest BCUT2D eigenvalue weighted by Gasteiger charge is -2.09. The summed E-state index contributed by atoms with van der Waals surface area (Å²) in [6.45, 7) is 0.178. The minimum atomic E-state index is -3.65. The first-order chi connectivity index (χ1) is 14.4. The SMILES string of the molecule is O=S(=O)(NCc1ccnc(-c2cccs2)c1)c1ccc(-c2ccc(Cl)c(Cl)c2)cc1. The molecule has 2 heterocycles. The van der Waals surface area contributed by atoms with Crippen molar-refractivity contribution in [2.75, 3.05) is 0 Å². The number of nitrogens with one attached hydrogen (secondary N) is 1. The molecule has 0 aliphatic heterocycles. The molecule has 8 heteroatoms. The summed E-state index contributed by atoms with van der Waals surface area (Å²) in [4.78, 5) is 5.58. The minimum Gasteiger partial charge on any atom is -0.255 e. The minimum absolute atomic E-state index is 0.178. The van der Waals surface area contributed by atoms with Crippen molar-refractivity contribution in [1.29, 1.82) is 0 Å². The van der Waals surface area contributed by atoms with Crippen molar-refractivity contribution < 1.29 is 8.42 Å². The van der Waals surface area contributed by atoms with Gasteiger partial charge in [-0.25, -0.2) is 13.1 Å². The van der Waals surface area contributed by atoms with Gasteiger partial charge >= 0.3 is 0 Å². The Kier molecular flexibility index (Phi) is 6.22. The third-order valence-electron chi connectivity index (χ3n) is 4.48. The van der Waals surface area contributed by atoms with Crippen LogP contribution in [0, 0.1) is 0 Å². The second-order valence-electron chi connectivity index (χ2n) is 6.50. The number of sulfonamides is 1. The second-order valence-corrected chi connectivity index (χ2v) is 10.0. The first-order valence-corrected chi connectivity index (χ1v) is 12.1. The summed E-state index contributed by atoms with van der Waals surface area (Å²) in [7, 11) is -3.65. The molecule has 0 amide bonds. The molecular weight excluding hydrogens is 459 g/mol. The average Bonchev–Trinajstić information content (AvgIpc) is 3.30. The Balaban J connectivity index is 1.49. The lowest BCUT2D eigenvalue weighted by Crippen LogP contribution is -2.23. The molecule has 0 saturated carbocycles. The van der Waals surface area contributed by atoms with Gasteiger partial charge in [0.05, 0.1) is 25.5 Å². The maximum atomic E-state index is 12.7. The number of halogens is 2. The van der Waals surface area contributed by atoms with Crippen LogP contribution in [0.15, 0.2) is 83.2 Å². The van der Waals surface area contributed by atoms with Gasteiger partial charge in [0.2, 0.25) is 10.0 Å². The molecule has 0 saturated heterocycles. The molecule has 2 aromatic heterocycles. The van der Waals surface area contributed by atoms with Gasteiger partial charge in [-0.3, -0.25) is 4.98 Å². The lowest BCUT2D eigenvalue weighted by molar-refractivity contribution is 0.581. The summed E-state index contributed by atoms with van der Waals surface area (Å²) >= 11 is 13.6. The Labute approximate surface area is 189 Å². The molecule has 152 valence electrons. The molecule has 0 spiro atoms. The number of benzene rings is 2. The summed E-state index contributed by atoms with van der Waals surface area (Å²) in [5.74, 6) is 0. The highest BCUT2D eigenvalue weighted by molar-refractivity contribution is 7.89. The van der Waals surface area contributed by atoms with E-state index in [0.717, 1.165) is 27.3 Å². The molecule has 0 radical (unpaired) electrons. The number of rotatable bonds is 6. The Morgan fingerprint density at radius 3 is 2.37 bits per heavy atom. The first-order valence-electron chi connectivity index (χ1n) is 8.96. The van der Waals surface area contributed by atoms with Gasteiger partial charge in [-0.1, -0.05) is 47.5 Å². The Bertz CT molecular complexity index is 1270. The quantitative estimate of drug-likeness (QED) is 0.358. The van der Waals surface area contributed by atoms with Gasteiger partial charge < -0.3 is 0 Å². The predicted octanol–water partition coefficient (Wildman–Crippen LogP) is 6.26. The molecule has 2 aromatic carbocycles. The first kappa shape index (κ1) is 21.0. The smallest absolute Gasteiger partial charge is 0.240 e. The fourth-order valence-electron chi connectivity index (χ4n) is 2.91. The van der Waals surface area contributed by atoms with Crippen LogP contribution in [0.3, 0.4) is 0 Å². The average molecular weight is 475 g/mol. The monoisotopic (exact) mass is 474 g/mol. The maximum Gasteiger partial charge on any atom is 0.240 e. The van der Waals surface area contributed by atoms with Crippen molar-refractivity contribution in [3.63, 3.8) is 0 Å². The third-order valence-corrected chi connectivity index (χ3v) is 7.53. The van der Waals surface area contributed by atoms with E-state index < -0.39 is 10.0 Å². The van der Waals surface area contributed by atoms with Gasteiger partial charge in [-0.2, -0.15) is 0 Å². The maximum absolute atomic E-state index is 12.7. The summed E-state index contributed by atoms with van der Waals surface area (Å²) in [5.41, 5.74) is 3.37. The fourth-order valence-corrected chi connectivity index (χ4v) is 4.92. The molecule has 30 heavy (non-hydrogen) atoms. The number of thiophene rings is 1. The van der Waals surface area contributed by atoms with Gasteiger partial charge in [0, 0.05) is 12.7 Å². The molecule has 0 aliphatic rings. The number of nitrogens with zero attached hydrogens (tertiary/aromatic N) is 1. The van der Waals surface area contributed by atoms with E-state index in [1.807, 2.05) is 29.6 Å². The van der Waals surface area contributed by atoms with Crippen molar-refractivity contribution in [2.24, 2.45) is 0 Å². The highest BCUT2D eigenvalue weighted by Crippen LogP contribution is 2.29. The number of aromatic nitrogens is 1. The molecule has 0 aliphatic carbocycles. The van der Waals surface area contributed by atoms with Crippen LogP contribution in [0.1, 0.15) is 5.56 Å². The van der Waals surface area contributed by atoms with E-state index in [1.54, 1.807) is 60.0 Å². The molecule has 4 nitrogen and oxygen atoms in total. The zero-order valence-corrected chi connectivity index (χ0v) is 18.7. The van der Waals surface area contributed by atoms with Gasteiger partial charge in [0.1, 0.15) is 0 Å². The normalized spacial score (nSPS) is 11.5. The summed E-state index contributed by atoms with van der Waals surface area (Å²) in [5, 5.41) is 2.91. The summed E-state index contributed by atoms with van der Waals surface area (Å²) < 4.78 is 28.1. The van der Waals surface area contributed by atoms with Crippen molar-refractivity contribution in [3.8, 4) is 21.7 Å². The van der Waals surface area contributed by atoms with E-state index in [2.05, 4.69) is 9.71 Å². The topological polar surface area (TPSA) is 59.1 Å². The van der Waals surface area contributed by atoms with Crippen molar-refractivity contribution in [3.05, 3.63) is 93.9 Å². The highest BCUT2D eigenvalue weighted by atomic mass is 35.5. The van der Waals surface area contributed by atoms with Crippen LogP contribution in [-0.2, 0) is 16.6 Å². The number of hydrogen-bond acceptors (Lipinski definition) is 4. The molecule has 0 atom stereocenters. The molecule has 4 rings (SSSR count). The third kappa shape index (κ3) is 4.74. The molecule has 0 bridgehead atoms. The van der Waals surface area contributed by atoms with Crippen LogP contribution in [0.2, 0.25) is 10.0 Å². The molecule has 0 fully saturated rings. The summed E-state index contributed by atoms with van der Waals surface area (Å²) in [6.07, 6.45) is 1.69. The van der Waals surface area contributed by atoms with Gasteiger partial charge in [-0.05, 0) is 64.5 Å². The highest BCUT2D eigenvalue weighted by Gasteiger charge is 2.14. The predicted molar refractivity (Wildman–Crippen MR) is 123 cm³/mol. The van der Waals surface area contributed by atoms with Crippen molar-refractivity contribution >= 4 is 44.6 Å². The Morgan fingerprint density at radius 1 is 0.900 bits per heavy atom. The molecule has 1 N–H and O–H groups in total. The van der Waals surface area contributed by atoms with Crippen molar-refractivity contribution in [2.45, 2.75) is 11.4 Å². The largest absolute Gasteiger partial charge is 0.255 e. The van der Waals surface area contributed by atoms with E-state index in [4.69, 9.17) is 23.2 Å². The zero-order chi connectivity index (χ0) is 21.1. The molecule has 4 aromatic rings. The zero-order valence-electron chi connectivity index (χ0n) is 15.5. The molecule has 0 unspecified atom stereocenters. The van der Waals surface area contributed by atoms with E-state index in [-0.39, 0.29) is 11.4 Å². The van der Waals surface area contributed by atoms with E-state index >= 15 is 0 Å². The van der Waals surface area contributed by atoms with Crippen LogP contribution in [0.25, 0.3) is 21.7 Å². The van der Waals surface area contributed by atoms with E-state index in [9.17, 15) is 8.42 Å². The van der Waals surface area contributed by atoms with Crippen LogP contribution in [0.4, 0.5) is 0 Å². The number of hydrogen-bond donors (Lipinski definition) is 1. The molecular formula is C22H16Cl2N2O2S2. The second kappa shape index (κ2) is 8.88. The fraction of sp³-hybridized carbons (Fsp3) is 0.0455. The van der Waals surface area contributed by atoms with E-state index in [0.29, 0.717) is 10.0 Å². The van der Waals surface area contributed by atoms with Crippen LogP contribution < -0.4 is 4.72 Å². The van der Waals surface area contributed by atoms with Gasteiger partial charge in [0.15, 0.2) is 0 Å². The van der Waals surface area contributed by atoms with Crippen LogP contribution in [0.5, 0.6) is 0 Å². The van der Waals surface area contributed by atoms with Crippen molar-refractivity contribution in [1.82, 2.24) is 9.71 Å². The number of pyridine rings is 1. The van der Waals surface area contributed by atoms with Crippen LogP contribution in [-0.4, -0.2) is 13.4 Å².